The lowest BCUT2D eigenvalue weighted by molar-refractivity contribution is 0.220. The highest BCUT2D eigenvalue weighted by molar-refractivity contribution is 5.98. The number of hydrogen-bond acceptors (Lipinski definition) is 2. The van der Waals surface area contributed by atoms with Crippen molar-refractivity contribution in [1.29, 1.82) is 0 Å². The number of benzene rings is 2. The number of carbonyl (C=O) groups excluding carboxylic acids is 1. The maximum Gasteiger partial charge on any atom is 0.328 e. The lowest BCUT2D eigenvalue weighted by Crippen LogP contribution is -2.27. The Labute approximate surface area is 123 Å². The molecule has 0 aliphatic carbocycles. The summed E-state index contributed by atoms with van der Waals surface area (Å²) in [5.74, 6) is 0. The molecule has 2 aromatic carbocycles. The first-order valence-corrected chi connectivity index (χ1v) is 6.76. The number of nitrogens with zero attached hydrogens (tertiary/aromatic N) is 2. The molecule has 0 atom stereocenters. The number of aromatic nitrogens is 1. The third-order valence-electron chi connectivity index (χ3n) is 3.47. The Morgan fingerprint density at radius 1 is 1.05 bits per heavy atom. The molecule has 0 bridgehead atoms. The van der Waals surface area contributed by atoms with Crippen LogP contribution in [0.3, 0.4) is 0 Å². The number of nitrogens with two attached hydrogens (primary N) is 1. The van der Waals surface area contributed by atoms with Gasteiger partial charge in [0.25, 0.3) is 0 Å². The summed E-state index contributed by atoms with van der Waals surface area (Å²) in [4.78, 5) is 14.1. The molecule has 3 aromatic rings. The molecule has 0 radical (unpaired) electrons. The summed E-state index contributed by atoms with van der Waals surface area (Å²) < 4.78 is 1.73. The SMILES string of the molecule is CN(C)C(=O)n1c(-c2ccccc2)cc2cc(N)ccc21. The van der Waals surface area contributed by atoms with Crippen molar-refractivity contribution < 1.29 is 4.79 Å². The van der Waals surface area contributed by atoms with Crippen molar-refractivity contribution in [2.45, 2.75) is 0 Å². The normalized spacial score (nSPS) is 10.8. The number of carbonyl (C=O) groups is 1. The number of hydrogen-bond donors (Lipinski definition) is 1. The first-order chi connectivity index (χ1) is 10.1. The van der Waals surface area contributed by atoms with E-state index in [-0.39, 0.29) is 6.03 Å². The maximum atomic E-state index is 12.6. The van der Waals surface area contributed by atoms with Gasteiger partial charge in [0.2, 0.25) is 0 Å². The molecule has 1 amide bonds. The minimum absolute atomic E-state index is 0.0753. The Balaban J connectivity index is 2.32. The predicted octanol–water partition coefficient (Wildman–Crippen LogP) is 3.42. The molecule has 0 spiro atoms. The minimum atomic E-state index is -0.0753. The molecule has 3 rings (SSSR count). The number of nitrogen functional groups attached to an aromatic ring is 1. The van der Waals surface area contributed by atoms with Crippen LogP contribution in [0.15, 0.2) is 54.6 Å². The predicted molar refractivity (Wildman–Crippen MR) is 86.3 cm³/mol. The molecular formula is C17H17N3O. The van der Waals surface area contributed by atoms with Gasteiger partial charge in [-0.05, 0) is 29.8 Å². The molecule has 1 aromatic heterocycles. The van der Waals surface area contributed by atoms with Crippen LogP contribution in [0, 0.1) is 0 Å². The molecule has 1 heterocycles. The Bertz CT molecular complexity index is 804. The summed E-state index contributed by atoms with van der Waals surface area (Å²) in [6.45, 7) is 0. The van der Waals surface area contributed by atoms with Crippen LogP contribution in [-0.2, 0) is 0 Å². The molecule has 0 saturated carbocycles. The molecule has 0 aliphatic heterocycles. The van der Waals surface area contributed by atoms with Gasteiger partial charge in [0.15, 0.2) is 0 Å². The van der Waals surface area contributed by atoms with Gasteiger partial charge in [-0.2, -0.15) is 0 Å². The fourth-order valence-electron chi connectivity index (χ4n) is 2.46. The van der Waals surface area contributed by atoms with Gasteiger partial charge in [0, 0.05) is 25.2 Å². The van der Waals surface area contributed by atoms with Crippen LogP contribution >= 0.6 is 0 Å². The van der Waals surface area contributed by atoms with Crippen LogP contribution in [-0.4, -0.2) is 29.6 Å². The van der Waals surface area contributed by atoms with Gasteiger partial charge in [-0.1, -0.05) is 30.3 Å². The minimum Gasteiger partial charge on any atom is -0.399 e. The van der Waals surface area contributed by atoms with Crippen molar-refractivity contribution in [2.24, 2.45) is 0 Å². The van der Waals surface area contributed by atoms with Gasteiger partial charge in [0.05, 0.1) is 11.2 Å². The zero-order valence-corrected chi connectivity index (χ0v) is 12.1. The van der Waals surface area contributed by atoms with Crippen LogP contribution < -0.4 is 5.73 Å². The van der Waals surface area contributed by atoms with E-state index >= 15 is 0 Å². The van der Waals surface area contributed by atoms with E-state index in [1.807, 2.05) is 54.6 Å². The summed E-state index contributed by atoms with van der Waals surface area (Å²) in [5, 5.41) is 0.962. The van der Waals surface area contributed by atoms with E-state index in [0.717, 1.165) is 22.2 Å². The lowest BCUT2D eigenvalue weighted by Gasteiger charge is -2.15. The third-order valence-corrected chi connectivity index (χ3v) is 3.47. The number of amides is 1. The second-order valence-electron chi connectivity index (χ2n) is 5.23. The van der Waals surface area contributed by atoms with Crippen LogP contribution in [0.25, 0.3) is 22.2 Å². The maximum absolute atomic E-state index is 12.6. The van der Waals surface area contributed by atoms with Crippen LogP contribution in [0.5, 0.6) is 0 Å². The van der Waals surface area contributed by atoms with E-state index in [1.165, 1.54) is 0 Å². The monoisotopic (exact) mass is 279 g/mol. The third kappa shape index (κ3) is 2.25. The summed E-state index contributed by atoms with van der Waals surface area (Å²) >= 11 is 0. The second kappa shape index (κ2) is 4.98. The summed E-state index contributed by atoms with van der Waals surface area (Å²) in [7, 11) is 3.50. The topological polar surface area (TPSA) is 51.3 Å². The molecular weight excluding hydrogens is 262 g/mol. The van der Waals surface area contributed by atoms with E-state index < -0.39 is 0 Å². The van der Waals surface area contributed by atoms with Gasteiger partial charge in [-0.15, -0.1) is 0 Å². The molecule has 0 aliphatic rings. The average Bonchev–Trinajstić information content (AvgIpc) is 2.85. The van der Waals surface area contributed by atoms with Crippen molar-refractivity contribution >= 4 is 22.6 Å². The van der Waals surface area contributed by atoms with E-state index in [9.17, 15) is 4.79 Å². The summed E-state index contributed by atoms with van der Waals surface area (Å²) in [5.41, 5.74) is 9.28. The van der Waals surface area contributed by atoms with Gasteiger partial charge in [-0.3, -0.25) is 4.57 Å². The van der Waals surface area contributed by atoms with Gasteiger partial charge < -0.3 is 10.6 Å². The quantitative estimate of drug-likeness (QED) is 0.694. The number of anilines is 1. The van der Waals surface area contributed by atoms with Gasteiger partial charge in [-0.25, -0.2) is 4.79 Å². The van der Waals surface area contributed by atoms with Crippen LogP contribution in [0.4, 0.5) is 10.5 Å². The molecule has 106 valence electrons. The largest absolute Gasteiger partial charge is 0.399 e. The van der Waals surface area contributed by atoms with E-state index in [2.05, 4.69) is 0 Å². The second-order valence-corrected chi connectivity index (χ2v) is 5.23. The Morgan fingerprint density at radius 2 is 1.76 bits per heavy atom. The fraction of sp³-hybridized carbons (Fsp3) is 0.118. The van der Waals surface area contributed by atoms with Crippen LogP contribution in [0.1, 0.15) is 0 Å². The van der Waals surface area contributed by atoms with Crippen molar-refractivity contribution in [1.82, 2.24) is 9.47 Å². The molecule has 0 saturated heterocycles. The highest BCUT2D eigenvalue weighted by Crippen LogP contribution is 2.29. The molecule has 0 fully saturated rings. The highest BCUT2D eigenvalue weighted by Gasteiger charge is 2.17. The van der Waals surface area contributed by atoms with E-state index in [1.54, 1.807) is 23.6 Å². The van der Waals surface area contributed by atoms with Crippen molar-refractivity contribution in [3.63, 3.8) is 0 Å². The summed E-state index contributed by atoms with van der Waals surface area (Å²) in [6, 6.07) is 17.4. The average molecular weight is 279 g/mol. The molecule has 4 heteroatoms. The smallest absolute Gasteiger partial charge is 0.328 e. The zero-order chi connectivity index (χ0) is 15.0. The van der Waals surface area contributed by atoms with Crippen molar-refractivity contribution in [2.75, 3.05) is 19.8 Å². The first-order valence-electron chi connectivity index (χ1n) is 6.76. The van der Waals surface area contributed by atoms with Gasteiger partial charge >= 0.3 is 6.03 Å². The Hall–Kier alpha value is -2.75. The highest BCUT2D eigenvalue weighted by atomic mass is 16.2. The standard InChI is InChI=1S/C17H17N3O/c1-19(2)17(21)20-15-9-8-14(18)10-13(15)11-16(20)12-6-4-3-5-7-12/h3-11H,18H2,1-2H3. The first kappa shape index (κ1) is 13.2. The number of fused-ring (bicyclic) bond motifs is 1. The van der Waals surface area contributed by atoms with Crippen molar-refractivity contribution in [3.05, 3.63) is 54.6 Å². The molecule has 0 unspecified atom stereocenters. The fourth-order valence-corrected chi connectivity index (χ4v) is 2.46. The van der Waals surface area contributed by atoms with Crippen LogP contribution in [0.2, 0.25) is 0 Å². The molecule has 21 heavy (non-hydrogen) atoms. The van der Waals surface area contributed by atoms with Gasteiger partial charge in [0.1, 0.15) is 0 Å². The molecule has 2 N–H and O–H groups in total. The van der Waals surface area contributed by atoms with E-state index in [0.29, 0.717) is 5.69 Å². The zero-order valence-electron chi connectivity index (χ0n) is 12.1. The Morgan fingerprint density at radius 3 is 2.43 bits per heavy atom. The Kier molecular flexibility index (Phi) is 3.14. The lowest BCUT2D eigenvalue weighted by atomic mass is 10.1. The van der Waals surface area contributed by atoms with E-state index in [4.69, 9.17) is 5.73 Å². The number of rotatable bonds is 1. The van der Waals surface area contributed by atoms with Crippen molar-refractivity contribution in [3.8, 4) is 11.3 Å². The molecule has 4 nitrogen and oxygen atoms in total. The summed E-state index contributed by atoms with van der Waals surface area (Å²) in [6.07, 6.45) is 0.